The zero-order chi connectivity index (χ0) is 23.8. The zero-order valence-electron chi connectivity index (χ0n) is 20.1. The summed E-state index contributed by atoms with van der Waals surface area (Å²) < 4.78 is 11.2. The first kappa shape index (κ1) is 25.4. The maximum atomic E-state index is 12.7. The summed E-state index contributed by atoms with van der Waals surface area (Å²) >= 11 is 6.41. The molecule has 2 fully saturated rings. The Labute approximate surface area is 202 Å². The van der Waals surface area contributed by atoms with Crippen LogP contribution in [0.3, 0.4) is 0 Å². The molecule has 1 saturated carbocycles. The van der Waals surface area contributed by atoms with E-state index in [2.05, 4.69) is 19.2 Å². The molecule has 0 bridgehead atoms. The number of nitrogens with zero attached hydrogens (tertiary/aromatic N) is 1. The molecule has 6 nitrogen and oxygen atoms in total. The van der Waals surface area contributed by atoms with Gasteiger partial charge in [-0.25, -0.2) is 0 Å². The van der Waals surface area contributed by atoms with E-state index in [1.165, 1.54) is 6.42 Å². The molecule has 2 aliphatic rings. The first-order valence-corrected chi connectivity index (χ1v) is 12.5. The van der Waals surface area contributed by atoms with Crippen molar-refractivity contribution in [2.75, 3.05) is 26.8 Å². The topological polar surface area (TPSA) is 67.9 Å². The van der Waals surface area contributed by atoms with Crippen LogP contribution in [0.5, 0.6) is 11.5 Å². The fourth-order valence-electron chi connectivity index (χ4n) is 4.43. The number of carbonyl (C=O) groups is 2. The lowest BCUT2D eigenvalue weighted by atomic mass is 9.88. The van der Waals surface area contributed by atoms with Crippen molar-refractivity contribution < 1.29 is 19.1 Å². The molecule has 33 heavy (non-hydrogen) atoms. The summed E-state index contributed by atoms with van der Waals surface area (Å²) in [5.74, 6) is 1.77. The Morgan fingerprint density at radius 1 is 1.15 bits per heavy atom. The van der Waals surface area contributed by atoms with Crippen LogP contribution < -0.4 is 14.8 Å². The molecule has 7 heteroatoms. The van der Waals surface area contributed by atoms with Crippen molar-refractivity contribution >= 4 is 29.5 Å². The van der Waals surface area contributed by atoms with Crippen LogP contribution in [0.15, 0.2) is 18.2 Å². The third kappa shape index (κ3) is 7.39. The second kappa shape index (κ2) is 12.3. The number of carbonyl (C=O) groups excluding carboxylic acids is 2. The van der Waals surface area contributed by atoms with Crippen LogP contribution in [0.1, 0.15) is 64.4 Å². The first-order valence-electron chi connectivity index (χ1n) is 12.1. The lowest BCUT2D eigenvalue weighted by Crippen LogP contribution is -2.47. The average Bonchev–Trinajstić information content (AvgIpc) is 2.82. The van der Waals surface area contributed by atoms with Gasteiger partial charge in [0.05, 0.1) is 18.7 Å². The van der Waals surface area contributed by atoms with Gasteiger partial charge in [0.15, 0.2) is 11.5 Å². The van der Waals surface area contributed by atoms with Crippen molar-refractivity contribution in [1.82, 2.24) is 10.2 Å². The van der Waals surface area contributed by atoms with Crippen LogP contribution in [0.2, 0.25) is 5.02 Å². The zero-order valence-corrected chi connectivity index (χ0v) is 20.8. The molecule has 1 saturated heterocycles. The average molecular weight is 477 g/mol. The van der Waals surface area contributed by atoms with Crippen molar-refractivity contribution in [2.45, 2.75) is 64.8 Å². The highest BCUT2D eigenvalue weighted by molar-refractivity contribution is 6.32. The van der Waals surface area contributed by atoms with Gasteiger partial charge in [-0.05, 0) is 55.4 Å². The Morgan fingerprint density at radius 3 is 2.48 bits per heavy atom. The number of methoxy groups -OCH3 is 1. The maximum Gasteiger partial charge on any atom is 0.246 e. The minimum Gasteiger partial charge on any atom is -0.493 e. The van der Waals surface area contributed by atoms with Crippen LogP contribution in [-0.2, 0) is 9.59 Å². The number of likely N-dealkylation sites (tertiary alicyclic amines) is 1. The second-order valence-electron chi connectivity index (χ2n) is 9.52. The van der Waals surface area contributed by atoms with E-state index in [-0.39, 0.29) is 23.8 Å². The standard InChI is InChI=1S/C26H37ClN2O4/c1-18(2)17-33-25-22(27)15-19(16-23(25)32-3)9-10-24(30)29-13-11-21(12-14-29)28-26(31)20-7-5-4-6-8-20/h9-10,15-16,18,20-21H,4-8,11-14,17H2,1-3H3,(H,28,31)/b10-9+. The number of hydrogen-bond donors (Lipinski definition) is 1. The van der Waals surface area contributed by atoms with E-state index in [4.69, 9.17) is 21.1 Å². The van der Waals surface area contributed by atoms with E-state index >= 15 is 0 Å². The Bertz CT molecular complexity index is 841. The number of amides is 2. The van der Waals surface area contributed by atoms with Crippen LogP contribution in [0, 0.1) is 11.8 Å². The number of rotatable bonds is 8. The summed E-state index contributed by atoms with van der Waals surface area (Å²) in [7, 11) is 1.57. The second-order valence-corrected chi connectivity index (χ2v) is 9.92. The number of hydrogen-bond acceptors (Lipinski definition) is 4. The van der Waals surface area contributed by atoms with Gasteiger partial charge >= 0.3 is 0 Å². The van der Waals surface area contributed by atoms with Gasteiger partial charge in [-0.2, -0.15) is 0 Å². The lowest BCUT2D eigenvalue weighted by molar-refractivity contribution is -0.128. The van der Waals surface area contributed by atoms with Gasteiger partial charge < -0.3 is 19.7 Å². The smallest absolute Gasteiger partial charge is 0.246 e. The molecule has 1 N–H and O–H groups in total. The number of ether oxygens (including phenoxy) is 2. The van der Waals surface area contributed by atoms with Crippen molar-refractivity contribution in [3.05, 3.63) is 28.8 Å². The summed E-state index contributed by atoms with van der Waals surface area (Å²) in [4.78, 5) is 27.0. The molecule has 2 amide bonds. The molecule has 0 unspecified atom stereocenters. The van der Waals surface area contributed by atoms with E-state index in [0.717, 1.165) is 44.1 Å². The van der Waals surface area contributed by atoms with E-state index in [1.54, 1.807) is 25.3 Å². The highest BCUT2D eigenvalue weighted by atomic mass is 35.5. The predicted molar refractivity (Wildman–Crippen MR) is 132 cm³/mol. The van der Waals surface area contributed by atoms with Crippen molar-refractivity contribution in [3.8, 4) is 11.5 Å². The van der Waals surface area contributed by atoms with Gasteiger partial charge in [-0.3, -0.25) is 9.59 Å². The fraction of sp³-hybridized carbons (Fsp3) is 0.615. The molecule has 1 heterocycles. The quantitative estimate of drug-likeness (QED) is 0.531. The molecular weight excluding hydrogens is 440 g/mol. The van der Waals surface area contributed by atoms with E-state index < -0.39 is 0 Å². The third-order valence-electron chi connectivity index (χ3n) is 6.36. The normalized spacial score (nSPS) is 18.0. The predicted octanol–water partition coefficient (Wildman–Crippen LogP) is 5.08. The first-order chi connectivity index (χ1) is 15.9. The molecular formula is C26H37ClN2O4. The van der Waals surface area contributed by atoms with Gasteiger partial charge in [-0.1, -0.05) is 44.7 Å². The third-order valence-corrected chi connectivity index (χ3v) is 6.64. The minimum absolute atomic E-state index is 0.0396. The van der Waals surface area contributed by atoms with Gasteiger partial charge in [-0.15, -0.1) is 0 Å². The van der Waals surface area contributed by atoms with Crippen LogP contribution >= 0.6 is 11.6 Å². The largest absolute Gasteiger partial charge is 0.493 e. The molecule has 0 spiro atoms. The van der Waals surface area contributed by atoms with Crippen molar-refractivity contribution in [1.29, 1.82) is 0 Å². The van der Waals surface area contributed by atoms with E-state index in [0.29, 0.717) is 42.1 Å². The maximum absolute atomic E-state index is 12.7. The van der Waals surface area contributed by atoms with E-state index in [1.807, 2.05) is 11.0 Å². The van der Waals surface area contributed by atoms with Gasteiger partial charge in [0.2, 0.25) is 11.8 Å². The summed E-state index contributed by atoms with van der Waals surface area (Å²) in [5, 5.41) is 3.67. The summed E-state index contributed by atoms with van der Waals surface area (Å²) in [6.45, 7) is 5.96. The van der Waals surface area contributed by atoms with Crippen LogP contribution in [-0.4, -0.2) is 49.6 Å². The highest BCUT2D eigenvalue weighted by Gasteiger charge is 2.26. The molecule has 182 valence electrons. The number of halogens is 1. The molecule has 0 aromatic heterocycles. The number of nitrogens with one attached hydrogen (secondary N) is 1. The molecule has 0 atom stereocenters. The molecule has 3 rings (SSSR count). The Hall–Kier alpha value is -2.21. The van der Waals surface area contributed by atoms with Crippen molar-refractivity contribution in [2.24, 2.45) is 11.8 Å². The molecule has 1 aromatic carbocycles. The SMILES string of the molecule is COc1cc(/C=C/C(=O)N2CCC(NC(=O)C3CCCCC3)CC2)cc(Cl)c1OCC(C)C. The molecule has 1 aliphatic heterocycles. The Kier molecular flexibility index (Phi) is 9.48. The summed E-state index contributed by atoms with van der Waals surface area (Å²) in [6, 6.07) is 3.75. The minimum atomic E-state index is -0.0396. The lowest BCUT2D eigenvalue weighted by Gasteiger charge is -2.33. The Morgan fingerprint density at radius 2 is 1.85 bits per heavy atom. The molecule has 1 aromatic rings. The number of benzene rings is 1. The Balaban J connectivity index is 1.51. The molecule has 0 radical (unpaired) electrons. The van der Waals surface area contributed by atoms with E-state index in [9.17, 15) is 9.59 Å². The summed E-state index contributed by atoms with van der Waals surface area (Å²) in [6.07, 6.45) is 10.5. The summed E-state index contributed by atoms with van der Waals surface area (Å²) in [5.41, 5.74) is 0.775. The van der Waals surface area contributed by atoms with Crippen LogP contribution in [0.4, 0.5) is 0 Å². The number of piperidine rings is 1. The van der Waals surface area contributed by atoms with Gasteiger partial charge in [0.1, 0.15) is 0 Å². The molecule has 1 aliphatic carbocycles. The van der Waals surface area contributed by atoms with Gasteiger partial charge in [0.25, 0.3) is 0 Å². The van der Waals surface area contributed by atoms with Crippen molar-refractivity contribution in [3.63, 3.8) is 0 Å². The monoisotopic (exact) mass is 476 g/mol. The van der Waals surface area contributed by atoms with Crippen LogP contribution in [0.25, 0.3) is 6.08 Å². The van der Waals surface area contributed by atoms with Gasteiger partial charge in [0, 0.05) is 31.1 Å². The highest BCUT2D eigenvalue weighted by Crippen LogP contribution is 2.37. The fourth-order valence-corrected chi connectivity index (χ4v) is 4.70.